The van der Waals surface area contributed by atoms with E-state index < -0.39 is 11.8 Å². The summed E-state index contributed by atoms with van der Waals surface area (Å²) in [5.74, 6) is 2.20. The summed E-state index contributed by atoms with van der Waals surface area (Å²) in [6.45, 7) is 0.202. The highest BCUT2D eigenvalue weighted by Gasteiger charge is 2.40. The number of hydrogen-bond acceptors (Lipinski definition) is 2. The average molecular weight is 206 g/mol. The zero-order valence-electron chi connectivity index (χ0n) is 8.11. The molecule has 3 heteroatoms. The molecule has 78 valence electrons. The van der Waals surface area contributed by atoms with Crippen LogP contribution in [0.1, 0.15) is 17.2 Å². The third kappa shape index (κ3) is 1.74. The second-order valence-electron chi connectivity index (χ2n) is 3.65. The second-order valence-corrected chi connectivity index (χ2v) is 3.65. The topological polar surface area (TPSA) is 29.5 Å². The molecule has 0 aliphatic carbocycles. The van der Waals surface area contributed by atoms with Gasteiger partial charge in [-0.1, -0.05) is 30.2 Å². The minimum atomic E-state index is -1.36. The van der Waals surface area contributed by atoms with Gasteiger partial charge >= 0.3 is 0 Å². The summed E-state index contributed by atoms with van der Waals surface area (Å²) in [5.41, 5.74) is -0.189. The zero-order valence-corrected chi connectivity index (χ0v) is 8.11. The first-order valence-corrected chi connectivity index (χ1v) is 4.67. The minimum absolute atomic E-state index is 0.101. The molecule has 1 fully saturated rings. The fraction of sp³-hybridized carbons (Fsp3) is 0.333. The highest BCUT2D eigenvalue weighted by molar-refractivity contribution is 5.32. The van der Waals surface area contributed by atoms with E-state index in [9.17, 15) is 9.50 Å². The predicted molar refractivity (Wildman–Crippen MR) is 53.8 cm³/mol. The van der Waals surface area contributed by atoms with E-state index in [4.69, 9.17) is 11.2 Å². The molecule has 0 aromatic heterocycles. The van der Waals surface area contributed by atoms with Crippen molar-refractivity contribution in [3.8, 4) is 12.3 Å². The fourth-order valence-electron chi connectivity index (χ4n) is 1.51. The van der Waals surface area contributed by atoms with Crippen molar-refractivity contribution in [1.29, 1.82) is 0 Å². The van der Waals surface area contributed by atoms with Gasteiger partial charge < -0.3 is 9.84 Å². The van der Waals surface area contributed by atoms with E-state index in [1.807, 2.05) is 0 Å². The summed E-state index contributed by atoms with van der Waals surface area (Å²) in [7, 11) is 0. The molecule has 15 heavy (non-hydrogen) atoms. The summed E-state index contributed by atoms with van der Waals surface area (Å²) >= 11 is 0. The molecule has 1 aromatic rings. The maximum absolute atomic E-state index is 13.8. The molecule has 1 unspecified atom stereocenters. The number of alkyl halides is 1. The number of aliphatic hydroxyl groups excluding tert-OH is 1. The van der Waals surface area contributed by atoms with Crippen LogP contribution in [0.4, 0.5) is 4.39 Å². The van der Waals surface area contributed by atoms with E-state index in [1.54, 1.807) is 24.3 Å². The molecule has 2 nitrogen and oxygen atoms in total. The summed E-state index contributed by atoms with van der Waals surface area (Å²) in [6.07, 6.45) is 4.15. The van der Waals surface area contributed by atoms with Crippen molar-refractivity contribution in [1.82, 2.24) is 0 Å². The highest BCUT2D eigenvalue weighted by Crippen LogP contribution is 2.34. The molecular weight excluding hydrogens is 195 g/mol. The smallest absolute Gasteiger partial charge is 0.182 e. The number of hydrogen-bond donors (Lipinski definition) is 1. The summed E-state index contributed by atoms with van der Waals surface area (Å²) < 4.78 is 18.7. The van der Waals surface area contributed by atoms with Crippen molar-refractivity contribution < 1.29 is 14.2 Å². The van der Waals surface area contributed by atoms with Gasteiger partial charge in [-0.05, 0) is 11.1 Å². The van der Waals surface area contributed by atoms with Crippen LogP contribution in [0.5, 0.6) is 0 Å². The van der Waals surface area contributed by atoms with Crippen LogP contribution in [-0.2, 0) is 10.4 Å². The Morgan fingerprint density at radius 1 is 1.40 bits per heavy atom. The van der Waals surface area contributed by atoms with Gasteiger partial charge in [0.1, 0.15) is 6.10 Å². The number of benzene rings is 1. The molecule has 1 aliphatic rings. The quantitative estimate of drug-likeness (QED) is 0.744. The lowest BCUT2D eigenvalue weighted by Gasteiger charge is -2.34. The lowest BCUT2D eigenvalue weighted by atomic mass is 9.93. The van der Waals surface area contributed by atoms with Crippen LogP contribution in [-0.4, -0.2) is 18.3 Å². The van der Waals surface area contributed by atoms with Gasteiger partial charge in [-0.25, -0.2) is 4.39 Å². The van der Waals surface area contributed by atoms with E-state index in [-0.39, 0.29) is 13.2 Å². The Morgan fingerprint density at radius 2 is 2.00 bits per heavy atom. The van der Waals surface area contributed by atoms with Gasteiger partial charge in [0.2, 0.25) is 0 Å². The molecule has 1 atom stereocenters. The molecule has 1 aliphatic heterocycles. The second kappa shape index (κ2) is 3.65. The van der Waals surface area contributed by atoms with Crippen LogP contribution in [0.25, 0.3) is 0 Å². The van der Waals surface area contributed by atoms with Gasteiger partial charge in [0.05, 0.1) is 13.2 Å². The molecule has 0 spiro atoms. The van der Waals surface area contributed by atoms with Crippen molar-refractivity contribution in [3.63, 3.8) is 0 Å². The third-order valence-corrected chi connectivity index (χ3v) is 2.56. The van der Waals surface area contributed by atoms with Crippen molar-refractivity contribution in [2.24, 2.45) is 0 Å². The molecule has 0 radical (unpaired) electrons. The van der Waals surface area contributed by atoms with Gasteiger partial charge in [0, 0.05) is 0 Å². The molecule has 1 saturated heterocycles. The Balaban J connectivity index is 2.21. The molecule has 1 heterocycles. The van der Waals surface area contributed by atoms with Crippen molar-refractivity contribution in [2.75, 3.05) is 13.2 Å². The Labute approximate surface area is 87.7 Å². The third-order valence-electron chi connectivity index (χ3n) is 2.56. The molecule has 0 amide bonds. The predicted octanol–water partition coefficient (Wildman–Crippen LogP) is 1.55. The molecule has 1 aromatic carbocycles. The molecule has 0 saturated carbocycles. The van der Waals surface area contributed by atoms with E-state index >= 15 is 0 Å². The molecule has 1 N–H and O–H groups in total. The van der Waals surface area contributed by atoms with Crippen LogP contribution < -0.4 is 0 Å². The van der Waals surface area contributed by atoms with Crippen molar-refractivity contribution in [3.05, 3.63) is 35.4 Å². The minimum Gasteiger partial charge on any atom is -0.376 e. The molecule has 0 bridgehead atoms. The van der Waals surface area contributed by atoms with Crippen LogP contribution in [0.2, 0.25) is 0 Å². The first kappa shape index (κ1) is 10.2. The maximum Gasteiger partial charge on any atom is 0.182 e. The number of aliphatic hydroxyl groups is 1. The lowest BCUT2D eigenvalue weighted by Crippen LogP contribution is -2.42. The molecular formula is C12H11FO2. The normalized spacial score (nSPS) is 20.1. The van der Waals surface area contributed by atoms with Gasteiger partial charge in [-0.2, -0.15) is 0 Å². The molecule has 2 rings (SSSR count). The van der Waals surface area contributed by atoms with E-state index in [1.165, 1.54) is 0 Å². The first-order chi connectivity index (χ1) is 7.15. The lowest BCUT2D eigenvalue weighted by molar-refractivity contribution is -0.135. The first-order valence-electron chi connectivity index (χ1n) is 4.67. The SMILES string of the molecule is C#CC(O)c1ccc(C2(F)COC2)cc1. The summed E-state index contributed by atoms with van der Waals surface area (Å²) in [5, 5.41) is 9.34. The summed E-state index contributed by atoms with van der Waals surface area (Å²) in [4.78, 5) is 0. The van der Waals surface area contributed by atoms with E-state index in [2.05, 4.69) is 5.92 Å². The maximum atomic E-state index is 13.8. The number of ether oxygens (including phenoxy) is 1. The number of halogens is 1. The summed E-state index contributed by atoms with van der Waals surface area (Å²) in [6, 6.07) is 6.55. The van der Waals surface area contributed by atoms with Crippen molar-refractivity contribution >= 4 is 0 Å². The Kier molecular flexibility index (Phi) is 2.47. The average Bonchev–Trinajstić information content (AvgIpc) is 2.25. The zero-order chi connectivity index (χ0) is 10.9. The van der Waals surface area contributed by atoms with Gasteiger partial charge in [-0.15, -0.1) is 6.42 Å². The number of terminal acetylenes is 1. The van der Waals surface area contributed by atoms with Crippen LogP contribution >= 0.6 is 0 Å². The fourth-order valence-corrected chi connectivity index (χ4v) is 1.51. The largest absolute Gasteiger partial charge is 0.376 e. The van der Waals surface area contributed by atoms with Gasteiger partial charge in [-0.3, -0.25) is 0 Å². The van der Waals surface area contributed by atoms with E-state index in [0.717, 1.165) is 0 Å². The number of rotatable bonds is 2. The Morgan fingerprint density at radius 3 is 2.40 bits per heavy atom. The van der Waals surface area contributed by atoms with Crippen LogP contribution in [0.15, 0.2) is 24.3 Å². The van der Waals surface area contributed by atoms with Crippen LogP contribution in [0.3, 0.4) is 0 Å². The van der Waals surface area contributed by atoms with Crippen molar-refractivity contribution in [2.45, 2.75) is 11.8 Å². The van der Waals surface area contributed by atoms with Crippen LogP contribution in [0, 0.1) is 12.3 Å². The Hall–Kier alpha value is -1.37. The highest BCUT2D eigenvalue weighted by atomic mass is 19.1. The Bertz CT molecular complexity index is 387. The van der Waals surface area contributed by atoms with Gasteiger partial charge in [0.25, 0.3) is 0 Å². The monoisotopic (exact) mass is 206 g/mol. The van der Waals surface area contributed by atoms with E-state index in [0.29, 0.717) is 11.1 Å². The standard InChI is InChI=1S/C12H11FO2/c1-2-11(14)9-3-5-10(6-4-9)12(13)7-15-8-12/h1,3-6,11,14H,7-8H2. The van der Waals surface area contributed by atoms with Gasteiger partial charge in [0.15, 0.2) is 5.67 Å².